The van der Waals surface area contributed by atoms with Crippen molar-refractivity contribution in [2.75, 3.05) is 31.1 Å². The summed E-state index contributed by atoms with van der Waals surface area (Å²) in [5.41, 5.74) is 1.79. The minimum absolute atomic E-state index is 0.166. The monoisotopic (exact) mass is 396 g/mol. The van der Waals surface area contributed by atoms with Gasteiger partial charge in [-0.3, -0.25) is 9.69 Å². The number of para-hydroxylation sites is 2. The fourth-order valence-corrected chi connectivity index (χ4v) is 5.36. The van der Waals surface area contributed by atoms with E-state index in [4.69, 9.17) is 4.42 Å². The first-order chi connectivity index (χ1) is 14.3. The van der Waals surface area contributed by atoms with Gasteiger partial charge in [-0.15, -0.1) is 0 Å². The zero-order valence-electron chi connectivity index (χ0n) is 17.2. The van der Waals surface area contributed by atoms with E-state index >= 15 is 0 Å². The molecular formula is C23H32N4O2. The number of carbonyl (C=O) groups excluding carboxylic acids is 1. The van der Waals surface area contributed by atoms with Crippen molar-refractivity contribution in [3.8, 4) is 0 Å². The van der Waals surface area contributed by atoms with Crippen LogP contribution in [-0.4, -0.2) is 54.1 Å². The number of benzene rings is 1. The summed E-state index contributed by atoms with van der Waals surface area (Å²) < 4.78 is 5.95. The van der Waals surface area contributed by atoms with E-state index in [1.807, 2.05) is 24.3 Å². The van der Waals surface area contributed by atoms with Gasteiger partial charge < -0.3 is 14.6 Å². The number of anilines is 1. The Hall–Kier alpha value is -2.08. The average molecular weight is 397 g/mol. The number of hydrogen-bond acceptors (Lipinski definition) is 5. The molecule has 0 bridgehead atoms. The molecule has 1 aromatic carbocycles. The maximum Gasteiger partial charge on any atom is 0.298 e. The summed E-state index contributed by atoms with van der Waals surface area (Å²) in [6.45, 7) is 3.98. The molecule has 1 atom stereocenters. The molecule has 0 spiro atoms. The number of piperidine rings is 2. The molecule has 6 nitrogen and oxygen atoms in total. The molecule has 2 aromatic rings. The van der Waals surface area contributed by atoms with Gasteiger partial charge >= 0.3 is 0 Å². The number of nitrogens with zero attached hydrogens (tertiary/aromatic N) is 3. The Kier molecular flexibility index (Phi) is 5.44. The minimum Gasteiger partial charge on any atom is -0.423 e. The summed E-state index contributed by atoms with van der Waals surface area (Å²) in [6.07, 6.45) is 9.24. The Balaban J connectivity index is 1.15. The highest BCUT2D eigenvalue weighted by Gasteiger charge is 2.33. The highest BCUT2D eigenvalue weighted by molar-refractivity contribution is 5.79. The van der Waals surface area contributed by atoms with Crippen molar-refractivity contribution in [2.45, 2.75) is 63.5 Å². The first kappa shape index (κ1) is 18.9. The molecule has 1 aromatic heterocycles. The summed E-state index contributed by atoms with van der Waals surface area (Å²) >= 11 is 0. The van der Waals surface area contributed by atoms with E-state index in [0.29, 0.717) is 18.0 Å². The van der Waals surface area contributed by atoms with E-state index in [1.165, 1.54) is 12.8 Å². The van der Waals surface area contributed by atoms with Gasteiger partial charge in [-0.1, -0.05) is 25.0 Å². The number of nitrogens with one attached hydrogen (secondary N) is 1. The Morgan fingerprint density at radius 3 is 2.59 bits per heavy atom. The quantitative estimate of drug-likeness (QED) is 0.856. The Labute approximate surface area is 172 Å². The highest BCUT2D eigenvalue weighted by Crippen LogP contribution is 2.28. The number of likely N-dealkylation sites (tertiary alicyclic amines) is 1. The molecule has 3 fully saturated rings. The fourth-order valence-electron chi connectivity index (χ4n) is 5.36. The van der Waals surface area contributed by atoms with E-state index in [9.17, 15) is 4.79 Å². The predicted molar refractivity (Wildman–Crippen MR) is 114 cm³/mol. The highest BCUT2D eigenvalue weighted by atomic mass is 16.4. The minimum atomic E-state index is 0.166. The van der Waals surface area contributed by atoms with E-state index in [0.717, 1.165) is 81.8 Å². The largest absolute Gasteiger partial charge is 0.423 e. The normalized spacial score (nSPS) is 25.0. The molecule has 3 aliphatic rings. The molecule has 0 radical (unpaired) electrons. The summed E-state index contributed by atoms with van der Waals surface area (Å²) in [4.78, 5) is 22.2. The average Bonchev–Trinajstić information content (AvgIpc) is 3.43. The standard InChI is InChI=1S/C23H32N4O2/c28-22(24-18-7-1-2-8-18)17-6-5-13-27(16-17)19-11-14-26(15-12-19)23-25-20-9-3-4-10-21(20)29-23/h3-4,9-10,17-19H,1-2,5-8,11-16H2,(H,24,28)/t17-/m1/s1. The molecule has 2 aliphatic heterocycles. The maximum atomic E-state index is 12.7. The van der Waals surface area contributed by atoms with Crippen LogP contribution in [0.25, 0.3) is 11.1 Å². The molecule has 1 aliphatic carbocycles. The van der Waals surface area contributed by atoms with Crippen LogP contribution in [0.15, 0.2) is 28.7 Å². The zero-order valence-corrected chi connectivity index (χ0v) is 17.2. The number of aromatic nitrogens is 1. The zero-order chi connectivity index (χ0) is 19.6. The van der Waals surface area contributed by atoms with Crippen LogP contribution in [0.3, 0.4) is 0 Å². The van der Waals surface area contributed by atoms with Crippen LogP contribution in [-0.2, 0) is 4.79 Å². The van der Waals surface area contributed by atoms with Gasteiger partial charge in [0.2, 0.25) is 5.91 Å². The summed E-state index contributed by atoms with van der Waals surface area (Å²) in [7, 11) is 0. The van der Waals surface area contributed by atoms with Gasteiger partial charge in [-0.2, -0.15) is 4.98 Å². The van der Waals surface area contributed by atoms with Gasteiger partial charge in [-0.25, -0.2) is 0 Å². The molecule has 5 rings (SSSR count). The predicted octanol–water partition coefficient (Wildman–Crippen LogP) is 3.57. The van der Waals surface area contributed by atoms with Crippen molar-refractivity contribution in [3.05, 3.63) is 24.3 Å². The Bertz CT molecular complexity index is 803. The maximum absolute atomic E-state index is 12.7. The lowest BCUT2D eigenvalue weighted by Crippen LogP contribution is -2.51. The van der Waals surface area contributed by atoms with Crippen molar-refractivity contribution < 1.29 is 9.21 Å². The molecule has 3 heterocycles. The molecule has 0 unspecified atom stereocenters. The topological polar surface area (TPSA) is 61.6 Å². The lowest BCUT2D eigenvalue weighted by molar-refractivity contribution is -0.127. The summed E-state index contributed by atoms with van der Waals surface area (Å²) in [5, 5.41) is 3.32. The first-order valence-corrected chi connectivity index (χ1v) is 11.4. The number of rotatable bonds is 4. The van der Waals surface area contributed by atoms with Crippen molar-refractivity contribution in [3.63, 3.8) is 0 Å². The molecule has 6 heteroatoms. The van der Waals surface area contributed by atoms with Crippen molar-refractivity contribution >= 4 is 23.0 Å². The van der Waals surface area contributed by atoms with Crippen molar-refractivity contribution in [1.29, 1.82) is 0 Å². The molecule has 1 saturated carbocycles. The van der Waals surface area contributed by atoms with Crippen LogP contribution < -0.4 is 10.2 Å². The lowest BCUT2D eigenvalue weighted by atomic mass is 9.93. The third-order valence-electron chi connectivity index (χ3n) is 7.06. The second-order valence-corrected chi connectivity index (χ2v) is 9.01. The van der Waals surface area contributed by atoms with Crippen LogP contribution >= 0.6 is 0 Å². The first-order valence-electron chi connectivity index (χ1n) is 11.4. The molecule has 156 valence electrons. The fraction of sp³-hybridized carbons (Fsp3) is 0.652. The van der Waals surface area contributed by atoms with Crippen LogP contribution in [0.2, 0.25) is 0 Å². The van der Waals surface area contributed by atoms with Gasteiger partial charge in [-0.05, 0) is 57.2 Å². The van der Waals surface area contributed by atoms with Crippen LogP contribution in [0, 0.1) is 5.92 Å². The lowest BCUT2D eigenvalue weighted by Gasteiger charge is -2.41. The van der Waals surface area contributed by atoms with Gasteiger partial charge in [0, 0.05) is 31.7 Å². The molecule has 1 amide bonds. The second kappa shape index (κ2) is 8.34. The molecular weight excluding hydrogens is 364 g/mol. The number of amides is 1. The molecule has 2 saturated heterocycles. The van der Waals surface area contributed by atoms with Gasteiger partial charge in [0.1, 0.15) is 5.52 Å². The SMILES string of the molecule is O=C(NC1CCCC1)[C@@H]1CCCN(C2CCN(c3nc4ccccc4o3)CC2)C1. The smallest absolute Gasteiger partial charge is 0.298 e. The van der Waals surface area contributed by atoms with E-state index < -0.39 is 0 Å². The number of hydrogen-bond donors (Lipinski definition) is 1. The Morgan fingerprint density at radius 1 is 1.00 bits per heavy atom. The van der Waals surface area contributed by atoms with Gasteiger partial charge in [0.25, 0.3) is 6.01 Å². The third-order valence-corrected chi connectivity index (χ3v) is 7.06. The summed E-state index contributed by atoms with van der Waals surface area (Å²) in [5.74, 6) is 0.463. The number of fused-ring (bicyclic) bond motifs is 1. The van der Waals surface area contributed by atoms with Gasteiger partial charge in [0.05, 0.1) is 5.92 Å². The van der Waals surface area contributed by atoms with Crippen LogP contribution in [0.1, 0.15) is 51.4 Å². The van der Waals surface area contributed by atoms with E-state index in [2.05, 4.69) is 20.1 Å². The van der Waals surface area contributed by atoms with E-state index in [-0.39, 0.29) is 5.92 Å². The third kappa shape index (κ3) is 4.13. The molecule has 1 N–H and O–H groups in total. The van der Waals surface area contributed by atoms with E-state index in [1.54, 1.807) is 0 Å². The molecule has 29 heavy (non-hydrogen) atoms. The van der Waals surface area contributed by atoms with Crippen molar-refractivity contribution in [1.82, 2.24) is 15.2 Å². The van der Waals surface area contributed by atoms with Crippen molar-refractivity contribution in [2.24, 2.45) is 5.92 Å². The van der Waals surface area contributed by atoms with Gasteiger partial charge in [0.15, 0.2) is 5.58 Å². The number of oxazole rings is 1. The summed E-state index contributed by atoms with van der Waals surface area (Å²) in [6, 6.07) is 9.70. The number of carbonyl (C=O) groups is 1. The Morgan fingerprint density at radius 2 is 1.79 bits per heavy atom. The van der Waals surface area contributed by atoms with Crippen LogP contribution in [0.4, 0.5) is 6.01 Å². The second-order valence-electron chi connectivity index (χ2n) is 9.01. The van der Waals surface area contributed by atoms with Crippen LogP contribution in [0.5, 0.6) is 0 Å².